The van der Waals surface area contributed by atoms with E-state index < -0.39 is 5.60 Å². The third kappa shape index (κ3) is 2.36. The second-order valence-electron chi connectivity index (χ2n) is 5.95. The molecule has 0 saturated carbocycles. The van der Waals surface area contributed by atoms with E-state index in [4.69, 9.17) is 4.42 Å². The van der Waals surface area contributed by atoms with Crippen LogP contribution in [0.5, 0.6) is 0 Å². The second-order valence-corrected chi connectivity index (χ2v) is 5.95. The number of furan rings is 1. The number of benzene rings is 1. The molecule has 1 aromatic carbocycles. The van der Waals surface area contributed by atoms with Crippen molar-refractivity contribution in [2.45, 2.75) is 19.4 Å². The normalized spacial score (nSPS) is 16.9. The molecule has 4 heteroatoms. The highest BCUT2D eigenvalue weighted by Gasteiger charge is 2.46. The van der Waals surface area contributed by atoms with E-state index in [-0.39, 0.29) is 11.8 Å². The molecule has 110 valence electrons. The molecule has 1 aliphatic heterocycles. The van der Waals surface area contributed by atoms with Gasteiger partial charge >= 0.3 is 0 Å². The van der Waals surface area contributed by atoms with Crippen molar-refractivity contribution in [3.05, 3.63) is 48.4 Å². The SMILES string of the molecule is CC(C)C1(O)CN(C(=O)c2occc2-c2ccccc2)C1. The molecule has 0 radical (unpaired) electrons. The van der Waals surface area contributed by atoms with Crippen molar-refractivity contribution in [2.24, 2.45) is 5.92 Å². The molecule has 1 aliphatic rings. The number of hydrogen-bond acceptors (Lipinski definition) is 3. The van der Waals surface area contributed by atoms with E-state index in [1.165, 1.54) is 6.26 Å². The minimum Gasteiger partial charge on any atom is -0.459 e. The smallest absolute Gasteiger partial charge is 0.290 e. The molecule has 21 heavy (non-hydrogen) atoms. The fraction of sp³-hybridized carbons (Fsp3) is 0.353. The van der Waals surface area contributed by atoms with Gasteiger partial charge in [0.25, 0.3) is 5.91 Å². The quantitative estimate of drug-likeness (QED) is 0.943. The van der Waals surface area contributed by atoms with Crippen molar-refractivity contribution < 1.29 is 14.3 Å². The Kier molecular flexibility index (Phi) is 3.33. The van der Waals surface area contributed by atoms with Crippen LogP contribution in [-0.2, 0) is 0 Å². The van der Waals surface area contributed by atoms with Gasteiger partial charge in [0, 0.05) is 5.56 Å². The molecule has 4 nitrogen and oxygen atoms in total. The zero-order valence-electron chi connectivity index (χ0n) is 12.2. The summed E-state index contributed by atoms with van der Waals surface area (Å²) in [6, 6.07) is 11.5. The number of rotatable bonds is 3. The number of β-amino-alcohol motifs (C(OH)–C–C–N with tert-alkyl or cyclic N) is 1. The highest BCUT2D eigenvalue weighted by atomic mass is 16.3. The number of carbonyl (C=O) groups is 1. The van der Waals surface area contributed by atoms with Crippen molar-refractivity contribution in [3.8, 4) is 11.1 Å². The number of aliphatic hydroxyl groups is 1. The molecule has 0 aliphatic carbocycles. The number of carbonyl (C=O) groups excluding carboxylic acids is 1. The van der Waals surface area contributed by atoms with Gasteiger partial charge in [0.15, 0.2) is 5.76 Å². The summed E-state index contributed by atoms with van der Waals surface area (Å²) in [7, 11) is 0. The molecule has 1 saturated heterocycles. The zero-order chi connectivity index (χ0) is 15.0. The van der Waals surface area contributed by atoms with E-state index in [2.05, 4.69) is 0 Å². The van der Waals surface area contributed by atoms with Gasteiger partial charge in [-0.05, 0) is 17.5 Å². The summed E-state index contributed by atoms with van der Waals surface area (Å²) in [6.45, 7) is 4.64. The van der Waals surface area contributed by atoms with Crippen molar-refractivity contribution in [1.29, 1.82) is 0 Å². The Balaban J connectivity index is 1.81. The molecule has 1 fully saturated rings. The summed E-state index contributed by atoms with van der Waals surface area (Å²) >= 11 is 0. The van der Waals surface area contributed by atoms with Crippen LogP contribution in [0.15, 0.2) is 47.1 Å². The summed E-state index contributed by atoms with van der Waals surface area (Å²) in [5.74, 6) is 0.308. The molecule has 1 amide bonds. The van der Waals surface area contributed by atoms with Gasteiger partial charge in [0.1, 0.15) is 5.60 Å². The van der Waals surface area contributed by atoms with E-state index in [1.807, 2.05) is 44.2 Å². The first kappa shape index (κ1) is 13.9. The fourth-order valence-electron chi connectivity index (χ4n) is 2.59. The van der Waals surface area contributed by atoms with Gasteiger partial charge in [-0.3, -0.25) is 4.79 Å². The lowest BCUT2D eigenvalue weighted by atomic mass is 9.83. The molecule has 1 aromatic heterocycles. The second kappa shape index (κ2) is 5.04. The Morgan fingerprint density at radius 2 is 1.90 bits per heavy atom. The van der Waals surface area contributed by atoms with E-state index in [0.29, 0.717) is 18.8 Å². The van der Waals surface area contributed by atoms with Crippen molar-refractivity contribution in [2.75, 3.05) is 13.1 Å². The molecule has 0 atom stereocenters. The lowest BCUT2D eigenvalue weighted by molar-refractivity contribution is -0.111. The molecule has 0 unspecified atom stereocenters. The Labute approximate surface area is 124 Å². The maximum absolute atomic E-state index is 12.5. The van der Waals surface area contributed by atoms with Crippen LogP contribution >= 0.6 is 0 Å². The Morgan fingerprint density at radius 1 is 1.24 bits per heavy atom. The van der Waals surface area contributed by atoms with Crippen molar-refractivity contribution in [1.82, 2.24) is 4.90 Å². The molecular weight excluding hydrogens is 266 g/mol. The van der Waals surface area contributed by atoms with Crippen LogP contribution < -0.4 is 0 Å². The van der Waals surface area contributed by atoms with Crippen molar-refractivity contribution >= 4 is 5.91 Å². The third-order valence-corrected chi connectivity index (χ3v) is 4.24. The average Bonchev–Trinajstić information content (AvgIpc) is 2.93. The van der Waals surface area contributed by atoms with E-state index in [9.17, 15) is 9.90 Å². The average molecular weight is 285 g/mol. The van der Waals surface area contributed by atoms with Crippen LogP contribution in [0.1, 0.15) is 24.4 Å². The maximum atomic E-state index is 12.5. The predicted molar refractivity (Wildman–Crippen MR) is 79.8 cm³/mol. The number of likely N-dealkylation sites (tertiary alicyclic amines) is 1. The molecular formula is C17H19NO3. The van der Waals surface area contributed by atoms with Crippen LogP contribution in [0.25, 0.3) is 11.1 Å². The monoisotopic (exact) mass is 285 g/mol. The molecule has 0 spiro atoms. The Bertz CT molecular complexity index is 639. The van der Waals surface area contributed by atoms with Crippen LogP contribution in [0.2, 0.25) is 0 Å². The van der Waals surface area contributed by atoms with Crippen LogP contribution in [-0.4, -0.2) is 34.6 Å². The standard InChI is InChI=1S/C17H19NO3/c1-12(2)17(20)10-18(11-17)16(19)15-14(8-9-21-15)13-6-4-3-5-7-13/h3-9,12,20H,10-11H2,1-2H3. The number of nitrogens with zero attached hydrogens (tertiary/aromatic N) is 1. The third-order valence-electron chi connectivity index (χ3n) is 4.24. The number of hydrogen-bond donors (Lipinski definition) is 1. The minimum absolute atomic E-state index is 0.131. The number of amides is 1. The molecule has 0 bridgehead atoms. The van der Waals surface area contributed by atoms with Gasteiger partial charge in [-0.25, -0.2) is 0 Å². The van der Waals surface area contributed by atoms with Gasteiger partial charge in [0.05, 0.1) is 19.4 Å². The van der Waals surface area contributed by atoms with Crippen molar-refractivity contribution in [3.63, 3.8) is 0 Å². The van der Waals surface area contributed by atoms with Gasteiger partial charge in [-0.15, -0.1) is 0 Å². The lowest BCUT2D eigenvalue weighted by Gasteiger charge is -2.48. The van der Waals surface area contributed by atoms with Gasteiger partial charge in [-0.2, -0.15) is 0 Å². The van der Waals surface area contributed by atoms with Crippen LogP contribution in [0, 0.1) is 5.92 Å². The first-order valence-electron chi connectivity index (χ1n) is 7.16. The zero-order valence-corrected chi connectivity index (χ0v) is 12.2. The summed E-state index contributed by atoms with van der Waals surface area (Å²) in [6.07, 6.45) is 1.53. The molecule has 2 aromatic rings. The van der Waals surface area contributed by atoms with Crippen LogP contribution in [0.3, 0.4) is 0 Å². The summed E-state index contributed by atoms with van der Waals surface area (Å²) in [4.78, 5) is 14.1. The van der Waals surface area contributed by atoms with E-state index in [0.717, 1.165) is 11.1 Å². The molecule has 1 N–H and O–H groups in total. The minimum atomic E-state index is -0.769. The predicted octanol–water partition coefficient (Wildman–Crippen LogP) is 2.79. The first-order valence-corrected chi connectivity index (χ1v) is 7.16. The van der Waals surface area contributed by atoms with Crippen LogP contribution in [0.4, 0.5) is 0 Å². The highest BCUT2D eigenvalue weighted by molar-refractivity contribution is 5.98. The van der Waals surface area contributed by atoms with Gasteiger partial charge in [0.2, 0.25) is 0 Å². The van der Waals surface area contributed by atoms with E-state index >= 15 is 0 Å². The summed E-state index contributed by atoms with van der Waals surface area (Å²) in [5.41, 5.74) is 0.977. The Morgan fingerprint density at radius 3 is 2.52 bits per heavy atom. The Hall–Kier alpha value is -2.07. The first-order chi connectivity index (χ1) is 10.0. The molecule has 3 rings (SSSR count). The summed E-state index contributed by atoms with van der Waals surface area (Å²) in [5, 5.41) is 10.3. The van der Waals surface area contributed by atoms with Gasteiger partial charge in [-0.1, -0.05) is 44.2 Å². The largest absolute Gasteiger partial charge is 0.459 e. The maximum Gasteiger partial charge on any atom is 0.290 e. The van der Waals surface area contributed by atoms with E-state index in [1.54, 1.807) is 11.0 Å². The highest BCUT2D eigenvalue weighted by Crippen LogP contribution is 2.32. The summed E-state index contributed by atoms with van der Waals surface area (Å²) < 4.78 is 5.39. The lowest BCUT2D eigenvalue weighted by Crippen LogP contribution is -2.65. The fourth-order valence-corrected chi connectivity index (χ4v) is 2.59. The van der Waals surface area contributed by atoms with Gasteiger partial charge < -0.3 is 14.4 Å². The molecule has 2 heterocycles. The topological polar surface area (TPSA) is 53.7 Å².